The number of hydrogen-bond acceptors (Lipinski definition) is 2. The minimum absolute atomic E-state index is 0.820. The number of methoxy groups -OCH3 is 1. The van der Waals surface area contributed by atoms with E-state index in [1.54, 1.807) is 11.1 Å². The highest BCUT2D eigenvalue weighted by Gasteiger charge is 2.25. The molecular weight excluding hydrogens is 234 g/mol. The van der Waals surface area contributed by atoms with Crippen LogP contribution in [0.15, 0.2) is 12.1 Å². The van der Waals surface area contributed by atoms with Gasteiger partial charge in [0.05, 0.1) is 7.11 Å². The summed E-state index contributed by atoms with van der Waals surface area (Å²) in [4.78, 5) is 2.57. The van der Waals surface area contributed by atoms with Crippen LogP contribution in [0.25, 0.3) is 0 Å². The molecule has 0 spiro atoms. The zero-order valence-electron chi connectivity index (χ0n) is 12.2. The van der Waals surface area contributed by atoms with Gasteiger partial charge in [0.25, 0.3) is 0 Å². The number of hydrogen-bond donors (Lipinski definition) is 0. The molecule has 104 valence electrons. The Morgan fingerprint density at radius 1 is 1.32 bits per heavy atom. The third-order valence-electron chi connectivity index (χ3n) is 4.89. The van der Waals surface area contributed by atoms with Gasteiger partial charge in [-0.2, -0.15) is 0 Å². The molecule has 2 heteroatoms. The first-order valence-electron chi connectivity index (χ1n) is 7.71. The Bertz CT molecular complexity index is 455. The molecule has 1 atom stereocenters. The number of rotatable bonds is 4. The van der Waals surface area contributed by atoms with E-state index in [2.05, 4.69) is 24.0 Å². The minimum atomic E-state index is 0.820. The van der Waals surface area contributed by atoms with E-state index in [1.807, 2.05) is 7.11 Å². The average Bonchev–Trinajstić information content (AvgIpc) is 3.07. The maximum Gasteiger partial charge on any atom is 0.122 e. The molecule has 0 unspecified atom stereocenters. The molecule has 0 bridgehead atoms. The molecule has 2 nitrogen and oxygen atoms in total. The largest absolute Gasteiger partial charge is 0.496 e. The van der Waals surface area contributed by atoms with Crippen LogP contribution in [0.3, 0.4) is 0 Å². The van der Waals surface area contributed by atoms with Crippen molar-refractivity contribution in [2.45, 2.75) is 39.0 Å². The summed E-state index contributed by atoms with van der Waals surface area (Å²) in [7, 11) is 1.81. The fourth-order valence-corrected chi connectivity index (χ4v) is 3.79. The summed E-state index contributed by atoms with van der Waals surface area (Å²) in [6, 6.07) is 4.46. The second kappa shape index (κ2) is 5.54. The zero-order chi connectivity index (χ0) is 13.2. The molecule has 1 aliphatic heterocycles. The molecule has 1 aromatic carbocycles. The van der Waals surface area contributed by atoms with E-state index in [4.69, 9.17) is 4.74 Å². The predicted octanol–water partition coefficient (Wildman–Crippen LogP) is 3.07. The Morgan fingerprint density at radius 3 is 2.95 bits per heavy atom. The van der Waals surface area contributed by atoms with Crippen LogP contribution in [0.5, 0.6) is 5.75 Å². The summed E-state index contributed by atoms with van der Waals surface area (Å²) in [6.07, 6.45) is 6.40. The molecule has 0 aromatic heterocycles. The van der Waals surface area contributed by atoms with Crippen molar-refractivity contribution < 1.29 is 4.74 Å². The fraction of sp³-hybridized carbons (Fsp3) is 0.647. The Kier molecular flexibility index (Phi) is 3.79. The number of likely N-dealkylation sites (tertiary alicyclic amines) is 1. The molecule has 1 aliphatic carbocycles. The third-order valence-corrected chi connectivity index (χ3v) is 4.89. The van der Waals surface area contributed by atoms with Crippen molar-refractivity contribution >= 4 is 0 Å². The number of nitrogens with zero attached hydrogens (tertiary/aromatic N) is 1. The Morgan fingerprint density at radius 2 is 2.21 bits per heavy atom. The Hall–Kier alpha value is -1.02. The van der Waals surface area contributed by atoms with Gasteiger partial charge in [-0.25, -0.2) is 0 Å². The summed E-state index contributed by atoms with van der Waals surface area (Å²) in [5.74, 6) is 1.94. The molecule has 1 saturated heterocycles. The lowest BCUT2D eigenvalue weighted by molar-refractivity contribution is 0.340. The molecule has 3 rings (SSSR count). The first kappa shape index (κ1) is 13.0. The van der Waals surface area contributed by atoms with Gasteiger partial charge in [0.15, 0.2) is 0 Å². The van der Waals surface area contributed by atoms with Crippen molar-refractivity contribution in [3.63, 3.8) is 0 Å². The second-order valence-corrected chi connectivity index (χ2v) is 5.99. The van der Waals surface area contributed by atoms with Crippen LogP contribution < -0.4 is 4.74 Å². The number of aryl methyl sites for hydroxylation is 1. The molecule has 1 heterocycles. The van der Waals surface area contributed by atoms with Crippen LogP contribution in [-0.2, 0) is 19.3 Å². The quantitative estimate of drug-likeness (QED) is 0.824. The normalized spacial score (nSPS) is 22.7. The molecular formula is C17H25NO. The van der Waals surface area contributed by atoms with Gasteiger partial charge in [-0.05, 0) is 73.9 Å². The van der Waals surface area contributed by atoms with E-state index in [0.717, 1.165) is 11.7 Å². The lowest BCUT2D eigenvalue weighted by Gasteiger charge is -2.18. The van der Waals surface area contributed by atoms with E-state index in [1.165, 1.54) is 57.3 Å². The Balaban J connectivity index is 1.82. The van der Waals surface area contributed by atoms with Crippen molar-refractivity contribution in [2.24, 2.45) is 5.92 Å². The Labute approximate surface area is 116 Å². The van der Waals surface area contributed by atoms with Crippen molar-refractivity contribution in [1.82, 2.24) is 4.90 Å². The van der Waals surface area contributed by atoms with Crippen LogP contribution in [0.2, 0.25) is 0 Å². The highest BCUT2D eigenvalue weighted by Crippen LogP contribution is 2.35. The van der Waals surface area contributed by atoms with Crippen LogP contribution >= 0.6 is 0 Å². The van der Waals surface area contributed by atoms with Crippen molar-refractivity contribution in [1.29, 1.82) is 0 Å². The predicted molar refractivity (Wildman–Crippen MR) is 78.9 cm³/mol. The summed E-state index contributed by atoms with van der Waals surface area (Å²) in [5.41, 5.74) is 4.69. The van der Waals surface area contributed by atoms with Crippen molar-refractivity contribution in [3.05, 3.63) is 28.8 Å². The van der Waals surface area contributed by atoms with E-state index in [0.29, 0.717) is 0 Å². The summed E-state index contributed by atoms with van der Waals surface area (Å²) < 4.78 is 5.62. The minimum Gasteiger partial charge on any atom is -0.496 e. The second-order valence-electron chi connectivity index (χ2n) is 5.99. The molecule has 2 aliphatic rings. The first-order chi connectivity index (χ1) is 9.31. The summed E-state index contributed by atoms with van der Waals surface area (Å²) >= 11 is 0. The first-order valence-corrected chi connectivity index (χ1v) is 7.71. The molecule has 0 N–H and O–H groups in total. The van der Waals surface area contributed by atoms with E-state index in [-0.39, 0.29) is 0 Å². The van der Waals surface area contributed by atoms with Gasteiger partial charge in [-0.15, -0.1) is 0 Å². The van der Waals surface area contributed by atoms with Gasteiger partial charge in [0.1, 0.15) is 5.75 Å². The van der Waals surface area contributed by atoms with E-state index in [9.17, 15) is 0 Å². The lowest BCUT2D eigenvalue weighted by atomic mass is 9.92. The SMILES string of the molecule is CCN1CC[C@H](Cc2c(OC)ccc3c2CCC3)C1. The average molecular weight is 259 g/mol. The van der Waals surface area contributed by atoms with Gasteiger partial charge in [0, 0.05) is 6.54 Å². The smallest absolute Gasteiger partial charge is 0.122 e. The zero-order valence-corrected chi connectivity index (χ0v) is 12.2. The van der Waals surface area contributed by atoms with Crippen LogP contribution in [-0.4, -0.2) is 31.6 Å². The number of fused-ring (bicyclic) bond motifs is 1. The van der Waals surface area contributed by atoms with E-state index < -0.39 is 0 Å². The van der Waals surface area contributed by atoms with Crippen molar-refractivity contribution in [3.8, 4) is 5.75 Å². The number of benzene rings is 1. The van der Waals surface area contributed by atoms with Crippen LogP contribution in [0.1, 0.15) is 36.5 Å². The van der Waals surface area contributed by atoms with Gasteiger partial charge in [-0.1, -0.05) is 13.0 Å². The summed E-state index contributed by atoms with van der Waals surface area (Å²) in [6.45, 7) is 6.01. The van der Waals surface area contributed by atoms with E-state index >= 15 is 0 Å². The highest BCUT2D eigenvalue weighted by molar-refractivity contribution is 5.47. The van der Waals surface area contributed by atoms with Gasteiger partial charge in [-0.3, -0.25) is 0 Å². The van der Waals surface area contributed by atoms with Gasteiger partial charge >= 0.3 is 0 Å². The van der Waals surface area contributed by atoms with Gasteiger partial charge < -0.3 is 9.64 Å². The highest BCUT2D eigenvalue weighted by atomic mass is 16.5. The lowest BCUT2D eigenvalue weighted by Crippen LogP contribution is -2.20. The standard InChI is InChI=1S/C17H25NO/c1-3-18-10-9-13(12-18)11-16-15-6-4-5-14(15)7-8-17(16)19-2/h7-8,13H,3-6,9-12H2,1-2H3/t13-/m1/s1. The molecule has 0 saturated carbocycles. The fourth-order valence-electron chi connectivity index (χ4n) is 3.79. The topological polar surface area (TPSA) is 12.5 Å². The maximum atomic E-state index is 5.62. The van der Waals surface area contributed by atoms with Crippen molar-refractivity contribution in [2.75, 3.05) is 26.7 Å². The van der Waals surface area contributed by atoms with Gasteiger partial charge in [0.2, 0.25) is 0 Å². The number of ether oxygens (including phenoxy) is 1. The summed E-state index contributed by atoms with van der Waals surface area (Å²) in [5, 5.41) is 0. The monoisotopic (exact) mass is 259 g/mol. The molecule has 0 amide bonds. The third kappa shape index (κ3) is 2.51. The molecule has 1 fully saturated rings. The molecule has 0 radical (unpaired) electrons. The van der Waals surface area contributed by atoms with Crippen LogP contribution in [0, 0.1) is 5.92 Å². The molecule has 19 heavy (non-hydrogen) atoms. The molecule has 1 aromatic rings. The maximum absolute atomic E-state index is 5.62. The van der Waals surface area contributed by atoms with Crippen LogP contribution in [0.4, 0.5) is 0 Å².